The molecule has 54 heavy (non-hydrogen) atoms. The van der Waals surface area contributed by atoms with Crippen LogP contribution in [0.2, 0.25) is 15.1 Å². The van der Waals surface area contributed by atoms with Crippen LogP contribution in [-0.4, -0.2) is 58.6 Å². The lowest BCUT2D eigenvalue weighted by molar-refractivity contribution is -0.385. The number of carbonyl (C=O) groups excluding carboxylic acids is 2. The number of nitrogens with zero attached hydrogens (tertiary/aromatic N) is 4. The number of aryl methyl sites for hydroxylation is 1. The minimum atomic E-state index is -4.61. The van der Waals surface area contributed by atoms with Crippen molar-refractivity contribution in [3.8, 4) is 17.2 Å². The number of halogens is 8. The molecule has 3 aromatic carbocycles. The van der Waals surface area contributed by atoms with Crippen molar-refractivity contribution in [2.75, 3.05) is 17.6 Å². The maximum absolute atomic E-state index is 12.8. The predicted molar refractivity (Wildman–Crippen MR) is 183 cm³/mol. The van der Waals surface area contributed by atoms with Crippen LogP contribution < -0.4 is 15.1 Å². The molecular formula is C30H25Cl3F5N5O10S. The van der Waals surface area contributed by atoms with Gasteiger partial charge in [0.15, 0.2) is 6.10 Å². The Labute approximate surface area is 316 Å². The topological polar surface area (TPSA) is 191 Å². The van der Waals surface area contributed by atoms with E-state index in [-0.39, 0.29) is 54.9 Å². The van der Waals surface area contributed by atoms with Crippen LogP contribution in [0.3, 0.4) is 0 Å². The highest BCUT2D eigenvalue weighted by Gasteiger charge is 2.31. The molecule has 0 aliphatic rings. The van der Waals surface area contributed by atoms with Crippen molar-refractivity contribution in [3.63, 3.8) is 0 Å². The van der Waals surface area contributed by atoms with Gasteiger partial charge in [-0.15, -0.1) is 5.10 Å². The van der Waals surface area contributed by atoms with Crippen LogP contribution >= 0.6 is 34.8 Å². The summed E-state index contributed by atoms with van der Waals surface area (Å²) in [4.78, 5) is 46.4. The Kier molecular flexibility index (Phi) is 14.0. The number of nitro groups is 1. The summed E-state index contributed by atoms with van der Waals surface area (Å²) in [6.45, 7) is 0.965. The molecule has 4 rings (SSSR count). The quantitative estimate of drug-likeness (QED) is 0.0677. The van der Waals surface area contributed by atoms with E-state index in [1.165, 1.54) is 19.9 Å². The molecule has 24 heteroatoms. The number of carbonyl (C=O) groups is 2. The van der Waals surface area contributed by atoms with Crippen LogP contribution in [0.5, 0.6) is 11.5 Å². The van der Waals surface area contributed by atoms with Crippen LogP contribution in [0.4, 0.5) is 33.3 Å². The predicted octanol–water partition coefficient (Wildman–Crippen LogP) is 7.58. The lowest BCUT2D eigenvalue weighted by Gasteiger charge is -2.13. The van der Waals surface area contributed by atoms with Crippen molar-refractivity contribution in [1.29, 1.82) is 0 Å². The van der Waals surface area contributed by atoms with Gasteiger partial charge in [0.2, 0.25) is 10.0 Å². The minimum absolute atomic E-state index is 0.0257. The Morgan fingerprint density at radius 1 is 1.04 bits per heavy atom. The first-order valence-electron chi connectivity index (χ1n) is 14.6. The number of esters is 2. The van der Waals surface area contributed by atoms with E-state index in [0.717, 1.165) is 42.7 Å². The molecule has 0 aliphatic heterocycles. The first-order chi connectivity index (χ1) is 24.9. The molecule has 15 nitrogen and oxygen atoms in total. The smallest absolute Gasteiger partial charge is 0.416 e. The molecule has 0 aliphatic carbocycles. The number of rotatable bonds is 11. The summed E-state index contributed by atoms with van der Waals surface area (Å²) < 4.78 is 104. The number of ether oxygens (including phenoxy) is 3. The fraction of sp³-hybridized carbons (Fsp3) is 0.267. The van der Waals surface area contributed by atoms with E-state index < -0.39 is 68.2 Å². The standard InChI is InChI=1S/C19H15ClF3NO7.C11H10Cl2F2N4O3S/c1-3-29-17(25)10(2)30-18(26)13-9-12(5-6-15(13)24(27)28)31-16-7-4-11(8-14(16)20)19(21,22)23;1-5-16-19(11(20)18(5)10(14)15)9-4-8(17-23(2,21)22)6(12)3-7(9)13/h4-10H,3H2,1-2H3;3-4,10,17H,1-2H3. The van der Waals surface area contributed by atoms with Gasteiger partial charge < -0.3 is 14.2 Å². The molecule has 0 saturated carbocycles. The third-order valence-corrected chi connectivity index (χ3v) is 8.01. The molecule has 4 aromatic rings. The molecule has 0 amide bonds. The lowest BCUT2D eigenvalue weighted by Crippen LogP contribution is -2.26. The molecule has 0 spiro atoms. The Hall–Kier alpha value is -4.99. The Morgan fingerprint density at radius 3 is 2.20 bits per heavy atom. The van der Waals surface area contributed by atoms with Gasteiger partial charge in [0.1, 0.15) is 22.9 Å². The molecule has 1 atom stereocenters. The maximum Gasteiger partial charge on any atom is 0.416 e. The third-order valence-electron chi connectivity index (χ3n) is 6.51. The highest BCUT2D eigenvalue weighted by Crippen LogP contribution is 2.37. The largest absolute Gasteiger partial charge is 0.463 e. The van der Waals surface area contributed by atoms with Crippen molar-refractivity contribution >= 4 is 68.1 Å². The minimum Gasteiger partial charge on any atom is -0.463 e. The zero-order valence-corrected chi connectivity index (χ0v) is 30.9. The van der Waals surface area contributed by atoms with Crippen molar-refractivity contribution in [2.45, 2.75) is 39.6 Å². The number of hydrogen-bond acceptors (Lipinski definition) is 11. The molecule has 1 unspecified atom stereocenters. The second-order valence-corrected chi connectivity index (χ2v) is 13.5. The summed E-state index contributed by atoms with van der Waals surface area (Å²) in [7, 11) is -3.65. The second-order valence-electron chi connectivity index (χ2n) is 10.5. The SMILES string of the molecule is CCOC(=O)C(C)OC(=O)c1cc(Oc2ccc(C(F)(F)F)cc2Cl)ccc1[N+](=O)[O-].Cc1nn(-c2cc(NS(C)(=O)=O)c(Cl)cc2Cl)c(=O)n1C(F)F. The maximum atomic E-state index is 12.8. The van der Waals surface area contributed by atoms with E-state index in [9.17, 15) is 54.9 Å². The van der Waals surface area contributed by atoms with Crippen molar-refractivity contribution in [2.24, 2.45) is 0 Å². The molecule has 0 fully saturated rings. The van der Waals surface area contributed by atoms with E-state index in [4.69, 9.17) is 49.0 Å². The highest BCUT2D eigenvalue weighted by atomic mass is 35.5. The van der Waals surface area contributed by atoms with Gasteiger partial charge in [-0.3, -0.25) is 14.8 Å². The van der Waals surface area contributed by atoms with E-state index in [2.05, 4.69) is 9.82 Å². The fourth-order valence-electron chi connectivity index (χ4n) is 4.16. The first kappa shape index (κ1) is 43.4. The number of sulfonamides is 1. The van der Waals surface area contributed by atoms with Gasteiger partial charge in [-0.25, -0.2) is 27.4 Å². The van der Waals surface area contributed by atoms with Gasteiger partial charge in [0.25, 0.3) is 5.69 Å². The highest BCUT2D eigenvalue weighted by molar-refractivity contribution is 7.92. The molecular weight excluding hydrogens is 824 g/mol. The fourth-order valence-corrected chi connectivity index (χ4v) is 5.51. The Morgan fingerprint density at radius 2 is 1.69 bits per heavy atom. The summed E-state index contributed by atoms with van der Waals surface area (Å²) in [6, 6.07) is 7.68. The normalized spacial score (nSPS) is 12.0. The first-order valence-corrected chi connectivity index (χ1v) is 17.6. The zero-order chi connectivity index (χ0) is 40.9. The van der Waals surface area contributed by atoms with Crippen LogP contribution in [0, 0.1) is 17.0 Å². The summed E-state index contributed by atoms with van der Waals surface area (Å²) in [5.41, 5.74) is -3.44. The Balaban J connectivity index is 0.000000303. The number of aromatic nitrogens is 3. The average Bonchev–Trinajstić information content (AvgIpc) is 3.35. The molecule has 1 N–H and O–H groups in total. The molecule has 0 saturated heterocycles. The van der Waals surface area contributed by atoms with Crippen molar-refractivity contribution in [1.82, 2.24) is 14.3 Å². The van der Waals surface area contributed by atoms with Gasteiger partial charge in [-0.05, 0) is 57.2 Å². The molecule has 1 aromatic heterocycles. The van der Waals surface area contributed by atoms with Gasteiger partial charge in [-0.2, -0.15) is 26.6 Å². The number of nitro benzene ring substituents is 1. The van der Waals surface area contributed by atoms with Gasteiger partial charge in [0.05, 0.1) is 49.8 Å². The summed E-state index contributed by atoms with van der Waals surface area (Å²) in [5.74, 6) is -2.59. The number of anilines is 1. The molecule has 0 radical (unpaired) electrons. The zero-order valence-electron chi connectivity index (χ0n) is 27.8. The van der Waals surface area contributed by atoms with Crippen molar-refractivity contribution in [3.05, 3.63) is 101 Å². The third kappa shape index (κ3) is 11.0. The van der Waals surface area contributed by atoms with E-state index in [1.54, 1.807) is 6.92 Å². The summed E-state index contributed by atoms with van der Waals surface area (Å²) >= 11 is 17.7. The summed E-state index contributed by atoms with van der Waals surface area (Å²) in [5, 5.41) is 14.5. The summed E-state index contributed by atoms with van der Waals surface area (Å²) in [6.07, 6.45) is -5.04. The van der Waals surface area contributed by atoms with Crippen LogP contribution in [0.1, 0.15) is 42.1 Å². The van der Waals surface area contributed by atoms with Crippen LogP contribution in [0.15, 0.2) is 53.3 Å². The van der Waals surface area contributed by atoms with Gasteiger partial charge >= 0.3 is 30.4 Å². The molecule has 292 valence electrons. The average molecular weight is 849 g/mol. The Bertz CT molecular complexity index is 2250. The lowest BCUT2D eigenvalue weighted by atomic mass is 10.1. The van der Waals surface area contributed by atoms with E-state index in [0.29, 0.717) is 10.7 Å². The van der Waals surface area contributed by atoms with Gasteiger partial charge in [0, 0.05) is 12.1 Å². The van der Waals surface area contributed by atoms with Gasteiger partial charge in [-0.1, -0.05) is 34.8 Å². The van der Waals surface area contributed by atoms with E-state index in [1.807, 2.05) is 0 Å². The number of alkyl halides is 5. The van der Waals surface area contributed by atoms with Crippen molar-refractivity contribution < 1.29 is 59.1 Å². The number of hydrogen-bond donors (Lipinski definition) is 1. The monoisotopic (exact) mass is 847 g/mol. The van der Waals surface area contributed by atoms with Crippen LogP contribution in [-0.2, 0) is 30.5 Å². The molecule has 0 bridgehead atoms. The number of benzene rings is 3. The van der Waals surface area contributed by atoms with Crippen LogP contribution in [0.25, 0.3) is 5.69 Å². The number of nitrogens with one attached hydrogen (secondary N) is 1. The van der Waals surface area contributed by atoms with E-state index >= 15 is 0 Å². The molecule has 1 heterocycles. The second kappa shape index (κ2) is 17.4.